The van der Waals surface area contributed by atoms with Crippen LogP contribution in [0, 0.1) is 5.92 Å². The van der Waals surface area contributed by atoms with Gasteiger partial charge in [-0.1, -0.05) is 37.3 Å². The van der Waals surface area contributed by atoms with Crippen molar-refractivity contribution in [1.82, 2.24) is 4.90 Å². The normalized spacial score (nSPS) is 35.9. The lowest BCUT2D eigenvalue weighted by Gasteiger charge is -2.27. The number of hydrogen-bond donors (Lipinski definition) is 1. The van der Waals surface area contributed by atoms with E-state index in [0.717, 1.165) is 38.9 Å². The average molecular weight is 259 g/mol. The van der Waals surface area contributed by atoms with Crippen molar-refractivity contribution in [2.24, 2.45) is 5.92 Å². The minimum absolute atomic E-state index is 0.412. The lowest BCUT2D eigenvalue weighted by Crippen LogP contribution is -2.34. The van der Waals surface area contributed by atoms with Gasteiger partial charge in [0.1, 0.15) is 0 Å². The SMILES string of the molecule is CCN1CCCC(O)(C2CC2c2ccccc2)CC1. The van der Waals surface area contributed by atoms with Crippen LogP contribution in [0.25, 0.3) is 0 Å². The maximum Gasteiger partial charge on any atom is 0.0694 e. The molecule has 1 aliphatic heterocycles. The van der Waals surface area contributed by atoms with E-state index >= 15 is 0 Å². The van der Waals surface area contributed by atoms with Gasteiger partial charge in [-0.2, -0.15) is 0 Å². The molecule has 2 aliphatic rings. The molecule has 1 aliphatic carbocycles. The second-order valence-corrected chi connectivity index (χ2v) is 6.25. The first-order valence-electron chi connectivity index (χ1n) is 7.72. The molecule has 0 spiro atoms. The fraction of sp³-hybridized carbons (Fsp3) is 0.647. The highest BCUT2D eigenvalue weighted by atomic mass is 16.3. The maximum absolute atomic E-state index is 11.0. The van der Waals surface area contributed by atoms with Crippen molar-refractivity contribution in [2.45, 2.75) is 44.1 Å². The third kappa shape index (κ3) is 2.70. The summed E-state index contributed by atoms with van der Waals surface area (Å²) >= 11 is 0. The van der Waals surface area contributed by atoms with E-state index in [2.05, 4.69) is 42.2 Å². The van der Waals surface area contributed by atoms with E-state index in [4.69, 9.17) is 0 Å². The molecule has 1 N–H and O–H groups in total. The number of rotatable bonds is 3. The summed E-state index contributed by atoms with van der Waals surface area (Å²) in [6.45, 7) is 5.55. The molecule has 0 radical (unpaired) electrons. The first-order chi connectivity index (χ1) is 9.23. The molecule has 3 atom stereocenters. The number of likely N-dealkylation sites (tertiary alicyclic amines) is 1. The van der Waals surface area contributed by atoms with Gasteiger partial charge in [-0.3, -0.25) is 0 Å². The van der Waals surface area contributed by atoms with Crippen LogP contribution in [0.2, 0.25) is 0 Å². The van der Waals surface area contributed by atoms with E-state index in [-0.39, 0.29) is 0 Å². The molecular formula is C17H25NO. The minimum Gasteiger partial charge on any atom is -0.390 e. The Labute approximate surface area is 116 Å². The molecule has 2 nitrogen and oxygen atoms in total. The molecule has 1 heterocycles. The molecule has 3 unspecified atom stereocenters. The molecule has 1 aromatic rings. The highest BCUT2D eigenvalue weighted by Crippen LogP contribution is 2.56. The van der Waals surface area contributed by atoms with Gasteiger partial charge < -0.3 is 10.0 Å². The monoisotopic (exact) mass is 259 g/mol. The van der Waals surface area contributed by atoms with Crippen molar-refractivity contribution in [3.8, 4) is 0 Å². The number of benzene rings is 1. The maximum atomic E-state index is 11.0. The zero-order valence-electron chi connectivity index (χ0n) is 11.9. The Bertz CT molecular complexity index is 419. The van der Waals surface area contributed by atoms with E-state index in [0.29, 0.717) is 11.8 Å². The Morgan fingerprint density at radius 2 is 2.00 bits per heavy atom. The molecule has 19 heavy (non-hydrogen) atoms. The molecule has 1 aromatic carbocycles. The van der Waals surface area contributed by atoms with Crippen molar-refractivity contribution in [1.29, 1.82) is 0 Å². The largest absolute Gasteiger partial charge is 0.390 e. The van der Waals surface area contributed by atoms with Crippen molar-refractivity contribution >= 4 is 0 Å². The van der Waals surface area contributed by atoms with Crippen molar-refractivity contribution in [2.75, 3.05) is 19.6 Å². The summed E-state index contributed by atoms with van der Waals surface area (Å²) in [4.78, 5) is 2.47. The van der Waals surface area contributed by atoms with Crippen LogP contribution in [0.3, 0.4) is 0 Å². The molecule has 1 saturated carbocycles. The fourth-order valence-corrected chi connectivity index (χ4v) is 3.74. The van der Waals surface area contributed by atoms with Crippen LogP contribution in [0.4, 0.5) is 0 Å². The fourth-order valence-electron chi connectivity index (χ4n) is 3.74. The Morgan fingerprint density at radius 3 is 2.74 bits per heavy atom. The van der Waals surface area contributed by atoms with Gasteiger partial charge in [-0.25, -0.2) is 0 Å². The number of hydrogen-bond acceptors (Lipinski definition) is 2. The lowest BCUT2D eigenvalue weighted by atomic mass is 9.87. The molecule has 3 rings (SSSR count). The Balaban J connectivity index is 1.66. The van der Waals surface area contributed by atoms with Gasteiger partial charge in [0.2, 0.25) is 0 Å². The molecule has 0 amide bonds. The number of nitrogens with zero attached hydrogens (tertiary/aromatic N) is 1. The van der Waals surface area contributed by atoms with Gasteiger partial charge in [0, 0.05) is 6.54 Å². The lowest BCUT2D eigenvalue weighted by molar-refractivity contribution is 0.00160. The van der Waals surface area contributed by atoms with E-state index in [1.54, 1.807) is 0 Å². The van der Waals surface area contributed by atoms with Gasteiger partial charge in [0.15, 0.2) is 0 Å². The molecule has 0 bridgehead atoms. The Kier molecular flexibility index (Phi) is 3.64. The van der Waals surface area contributed by atoms with Crippen LogP contribution in [0.15, 0.2) is 30.3 Å². The zero-order valence-corrected chi connectivity index (χ0v) is 11.9. The highest BCUT2D eigenvalue weighted by Gasteiger charge is 2.52. The number of aliphatic hydroxyl groups is 1. The van der Waals surface area contributed by atoms with Crippen molar-refractivity contribution in [3.05, 3.63) is 35.9 Å². The smallest absolute Gasteiger partial charge is 0.0694 e. The summed E-state index contributed by atoms with van der Waals surface area (Å²) in [6.07, 6.45) is 4.25. The molecule has 0 aromatic heterocycles. The quantitative estimate of drug-likeness (QED) is 0.902. The van der Waals surface area contributed by atoms with Gasteiger partial charge >= 0.3 is 0 Å². The minimum atomic E-state index is -0.412. The molecule has 104 valence electrons. The van der Waals surface area contributed by atoms with Gasteiger partial charge in [-0.15, -0.1) is 0 Å². The summed E-state index contributed by atoms with van der Waals surface area (Å²) in [5, 5.41) is 11.0. The van der Waals surface area contributed by atoms with Gasteiger partial charge in [0.05, 0.1) is 5.60 Å². The summed E-state index contributed by atoms with van der Waals surface area (Å²) in [7, 11) is 0. The molecule has 2 fully saturated rings. The zero-order chi connectivity index (χ0) is 13.3. The summed E-state index contributed by atoms with van der Waals surface area (Å²) < 4.78 is 0. The van der Waals surface area contributed by atoms with Gasteiger partial charge in [-0.05, 0) is 56.2 Å². The predicted molar refractivity (Wildman–Crippen MR) is 78.2 cm³/mol. The second-order valence-electron chi connectivity index (χ2n) is 6.25. The van der Waals surface area contributed by atoms with E-state index in [9.17, 15) is 5.11 Å². The van der Waals surface area contributed by atoms with E-state index in [1.807, 2.05) is 0 Å². The third-order valence-electron chi connectivity index (χ3n) is 5.10. The molecule has 1 saturated heterocycles. The van der Waals surface area contributed by atoms with E-state index in [1.165, 1.54) is 12.0 Å². The molecular weight excluding hydrogens is 234 g/mol. The first-order valence-corrected chi connectivity index (χ1v) is 7.72. The van der Waals surface area contributed by atoms with Crippen LogP contribution in [-0.4, -0.2) is 35.2 Å². The van der Waals surface area contributed by atoms with Gasteiger partial charge in [0.25, 0.3) is 0 Å². The predicted octanol–water partition coefficient (Wildman–Crippen LogP) is 3.03. The topological polar surface area (TPSA) is 23.5 Å². The van der Waals surface area contributed by atoms with Crippen molar-refractivity contribution in [3.63, 3.8) is 0 Å². The summed E-state index contributed by atoms with van der Waals surface area (Å²) in [5.41, 5.74) is 1.00. The third-order valence-corrected chi connectivity index (χ3v) is 5.10. The van der Waals surface area contributed by atoms with Crippen LogP contribution >= 0.6 is 0 Å². The van der Waals surface area contributed by atoms with Crippen LogP contribution < -0.4 is 0 Å². The van der Waals surface area contributed by atoms with Crippen LogP contribution in [0.5, 0.6) is 0 Å². The van der Waals surface area contributed by atoms with Crippen LogP contribution in [0.1, 0.15) is 44.1 Å². The summed E-state index contributed by atoms with van der Waals surface area (Å²) in [5.74, 6) is 1.09. The highest BCUT2D eigenvalue weighted by molar-refractivity contribution is 5.27. The second kappa shape index (κ2) is 5.26. The Morgan fingerprint density at radius 1 is 1.21 bits per heavy atom. The van der Waals surface area contributed by atoms with Crippen LogP contribution in [-0.2, 0) is 0 Å². The average Bonchev–Trinajstić information content (AvgIpc) is 3.24. The Hall–Kier alpha value is -0.860. The van der Waals surface area contributed by atoms with Crippen molar-refractivity contribution < 1.29 is 5.11 Å². The first kappa shape index (κ1) is 13.1. The standard InChI is InChI=1S/C17H25NO/c1-2-18-11-6-9-17(19,10-12-18)16-13-15(16)14-7-4-3-5-8-14/h3-5,7-8,15-16,19H,2,6,9-13H2,1H3. The summed E-state index contributed by atoms with van der Waals surface area (Å²) in [6, 6.07) is 10.7. The molecule has 2 heteroatoms. The van der Waals surface area contributed by atoms with E-state index < -0.39 is 5.60 Å².